The van der Waals surface area contributed by atoms with E-state index in [1.807, 2.05) is 18.2 Å². The van der Waals surface area contributed by atoms with Crippen LogP contribution in [0.4, 0.5) is 11.6 Å². The fourth-order valence-electron chi connectivity index (χ4n) is 1.75. The molecule has 0 fully saturated rings. The SMILES string of the molecule is Brc1cnc(Nc2ccc3c(c2)OCCCO3)nc1. The maximum absolute atomic E-state index is 5.63. The molecule has 19 heavy (non-hydrogen) atoms. The Hall–Kier alpha value is -1.82. The van der Waals surface area contributed by atoms with Gasteiger partial charge in [-0.05, 0) is 28.1 Å². The summed E-state index contributed by atoms with van der Waals surface area (Å²) in [5.74, 6) is 2.07. The van der Waals surface area contributed by atoms with Crippen molar-refractivity contribution >= 4 is 27.6 Å². The third-order valence-corrected chi connectivity index (χ3v) is 3.03. The highest BCUT2D eigenvalue weighted by atomic mass is 79.9. The summed E-state index contributed by atoms with van der Waals surface area (Å²) in [7, 11) is 0. The van der Waals surface area contributed by atoms with Crippen LogP contribution in [0.2, 0.25) is 0 Å². The Morgan fingerprint density at radius 3 is 2.58 bits per heavy atom. The molecule has 0 radical (unpaired) electrons. The number of aromatic nitrogens is 2. The number of nitrogens with zero attached hydrogens (tertiary/aromatic N) is 2. The second-order valence-corrected chi connectivity index (χ2v) is 4.98. The molecule has 0 aliphatic carbocycles. The number of ether oxygens (including phenoxy) is 2. The Balaban J connectivity index is 1.81. The van der Waals surface area contributed by atoms with Gasteiger partial charge in [-0.25, -0.2) is 9.97 Å². The number of hydrogen-bond acceptors (Lipinski definition) is 5. The molecule has 0 saturated heterocycles. The molecule has 0 saturated carbocycles. The molecule has 2 heterocycles. The van der Waals surface area contributed by atoms with E-state index in [4.69, 9.17) is 9.47 Å². The van der Waals surface area contributed by atoms with Crippen LogP contribution in [0.15, 0.2) is 35.1 Å². The molecule has 0 bridgehead atoms. The van der Waals surface area contributed by atoms with Crippen LogP contribution in [-0.2, 0) is 0 Å². The fraction of sp³-hybridized carbons (Fsp3) is 0.231. The smallest absolute Gasteiger partial charge is 0.227 e. The van der Waals surface area contributed by atoms with Gasteiger partial charge in [0.15, 0.2) is 11.5 Å². The summed E-state index contributed by atoms with van der Waals surface area (Å²) in [5.41, 5.74) is 0.867. The van der Waals surface area contributed by atoms with E-state index in [0.29, 0.717) is 19.2 Å². The Kier molecular flexibility index (Phi) is 3.50. The predicted molar refractivity (Wildman–Crippen MR) is 75.1 cm³/mol. The van der Waals surface area contributed by atoms with Gasteiger partial charge in [0.25, 0.3) is 0 Å². The van der Waals surface area contributed by atoms with Crippen LogP contribution in [0, 0.1) is 0 Å². The Bertz CT molecular complexity index is 575. The van der Waals surface area contributed by atoms with E-state index in [2.05, 4.69) is 31.2 Å². The summed E-state index contributed by atoms with van der Waals surface area (Å²) in [6, 6.07) is 5.70. The van der Waals surface area contributed by atoms with Gasteiger partial charge in [-0.2, -0.15) is 0 Å². The van der Waals surface area contributed by atoms with Crippen LogP contribution in [0.25, 0.3) is 0 Å². The van der Waals surface area contributed by atoms with E-state index in [9.17, 15) is 0 Å². The number of nitrogens with one attached hydrogen (secondary N) is 1. The molecule has 1 aromatic carbocycles. The van der Waals surface area contributed by atoms with Crippen LogP contribution in [-0.4, -0.2) is 23.2 Å². The first-order chi connectivity index (χ1) is 9.31. The average Bonchev–Trinajstić information content (AvgIpc) is 2.66. The molecule has 1 aliphatic heterocycles. The molecule has 2 aromatic rings. The quantitative estimate of drug-likeness (QED) is 0.920. The first kappa shape index (κ1) is 12.2. The van der Waals surface area contributed by atoms with Gasteiger partial charge in [0.1, 0.15) is 0 Å². The number of rotatable bonds is 2. The minimum absolute atomic E-state index is 0.540. The van der Waals surface area contributed by atoms with E-state index in [1.54, 1.807) is 12.4 Å². The molecule has 6 heteroatoms. The lowest BCUT2D eigenvalue weighted by molar-refractivity contribution is 0.297. The molecule has 1 aromatic heterocycles. The predicted octanol–water partition coefficient (Wildman–Crippen LogP) is 3.14. The molecule has 0 atom stereocenters. The monoisotopic (exact) mass is 321 g/mol. The van der Waals surface area contributed by atoms with E-state index in [-0.39, 0.29) is 0 Å². The summed E-state index contributed by atoms with van der Waals surface area (Å²) in [6.45, 7) is 1.36. The number of anilines is 2. The van der Waals surface area contributed by atoms with Crippen molar-refractivity contribution in [1.29, 1.82) is 0 Å². The lowest BCUT2D eigenvalue weighted by Gasteiger charge is -2.10. The topological polar surface area (TPSA) is 56.3 Å². The lowest BCUT2D eigenvalue weighted by atomic mass is 10.3. The molecule has 0 spiro atoms. The van der Waals surface area contributed by atoms with Gasteiger partial charge < -0.3 is 14.8 Å². The number of benzene rings is 1. The molecule has 0 amide bonds. The Labute approximate surface area is 119 Å². The summed E-state index contributed by atoms with van der Waals surface area (Å²) in [4.78, 5) is 8.33. The number of fused-ring (bicyclic) bond motifs is 1. The highest BCUT2D eigenvalue weighted by Gasteiger charge is 2.10. The largest absolute Gasteiger partial charge is 0.490 e. The third kappa shape index (κ3) is 2.96. The molecule has 1 aliphatic rings. The Morgan fingerprint density at radius 1 is 1.05 bits per heavy atom. The molecule has 0 unspecified atom stereocenters. The van der Waals surface area contributed by atoms with E-state index in [1.165, 1.54) is 0 Å². The molecule has 98 valence electrons. The van der Waals surface area contributed by atoms with Crippen molar-refractivity contribution in [2.24, 2.45) is 0 Å². The van der Waals surface area contributed by atoms with Gasteiger partial charge in [-0.15, -0.1) is 0 Å². The highest BCUT2D eigenvalue weighted by molar-refractivity contribution is 9.10. The number of hydrogen-bond donors (Lipinski definition) is 1. The summed E-state index contributed by atoms with van der Waals surface area (Å²) in [6.07, 6.45) is 4.28. The van der Waals surface area contributed by atoms with Crippen LogP contribution >= 0.6 is 15.9 Å². The van der Waals surface area contributed by atoms with Gasteiger partial charge in [-0.3, -0.25) is 0 Å². The lowest BCUT2D eigenvalue weighted by Crippen LogP contribution is -1.98. The van der Waals surface area contributed by atoms with Gasteiger partial charge in [0.2, 0.25) is 5.95 Å². The van der Waals surface area contributed by atoms with Gasteiger partial charge in [-0.1, -0.05) is 0 Å². The van der Waals surface area contributed by atoms with Gasteiger partial charge in [0.05, 0.1) is 17.7 Å². The van der Waals surface area contributed by atoms with Crippen molar-refractivity contribution in [2.75, 3.05) is 18.5 Å². The summed E-state index contributed by atoms with van der Waals surface area (Å²) < 4.78 is 12.1. The standard InChI is InChI=1S/C13H12BrN3O2/c14-9-7-15-13(16-8-9)17-10-2-3-11-12(6-10)19-5-1-4-18-11/h2-3,6-8H,1,4-5H2,(H,15,16,17). The zero-order valence-electron chi connectivity index (χ0n) is 10.1. The third-order valence-electron chi connectivity index (χ3n) is 2.62. The highest BCUT2D eigenvalue weighted by Crippen LogP contribution is 2.32. The van der Waals surface area contributed by atoms with Gasteiger partial charge in [0, 0.05) is 30.6 Å². The minimum atomic E-state index is 0.540. The normalized spacial score (nSPS) is 13.7. The van der Waals surface area contributed by atoms with Crippen molar-refractivity contribution in [2.45, 2.75) is 6.42 Å². The minimum Gasteiger partial charge on any atom is -0.490 e. The summed E-state index contributed by atoms with van der Waals surface area (Å²) in [5, 5.41) is 3.12. The fourth-order valence-corrected chi connectivity index (χ4v) is 1.95. The van der Waals surface area contributed by atoms with E-state index >= 15 is 0 Å². The first-order valence-corrected chi connectivity index (χ1v) is 6.75. The number of halogens is 1. The van der Waals surface area contributed by atoms with Crippen molar-refractivity contribution in [3.8, 4) is 11.5 Å². The zero-order valence-corrected chi connectivity index (χ0v) is 11.7. The maximum atomic E-state index is 5.63. The van der Waals surface area contributed by atoms with Crippen molar-refractivity contribution in [3.63, 3.8) is 0 Å². The molecular weight excluding hydrogens is 310 g/mol. The molecule has 3 rings (SSSR count). The molecule has 1 N–H and O–H groups in total. The molecule has 5 nitrogen and oxygen atoms in total. The van der Waals surface area contributed by atoms with Crippen molar-refractivity contribution < 1.29 is 9.47 Å². The van der Waals surface area contributed by atoms with Crippen LogP contribution in [0.5, 0.6) is 11.5 Å². The van der Waals surface area contributed by atoms with Crippen molar-refractivity contribution in [1.82, 2.24) is 9.97 Å². The maximum Gasteiger partial charge on any atom is 0.227 e. The molecular formula is C13H12BrN3O2. The first-order valence-electron chi connectivity index (χ1n) is 5.95. The zero-order chi connectivity index (χ0) is 13.1. The van der Waals surface area contributed by atoms with E-state index in [0.717, 1.165) is 28.1 Å². The van der Waals surface area contributed by atoms with Crippen molar-refractivity contribution in [3.05, 3.63) is 35.1 Å². The Morgan fingerprint density at radius 2 is 1.79 bits per heavy atom. The van der Waals surface area contributed by atoms with Crippen LogP contribution in [0.3, 0.4) is 0 Å². The van der Waals surface area contributed by atoms with E-state index < -0.39 is 0 Å². The van der Waals surface area contributed by atoms with Gasteiger partial charge >= 0.3 is 0 Å². The van der Waals surface area contributed by atoms with Crippen LogP contribution < -0.4 is 14.8 Å². The summed E-state index contributed by atoms with van der Waals surface area (Å²) >= 11 is 3.30. The second-order valence-electron chi connectivity index (χ2n) is 4.06. The average molecular weight is 322 g/mol. The van der Waals surface area contributed by atoms with Crippen LogP contribution in [0.1, 0.15) is 6.42 Å². The second kappa shape index (κ2) is 5.44.